The van der Waals surface area contributed by atoms with Crippen LogP contribution in [0.2, 0.25) is 0 Å². The molecule has 7 nitrogen and oxygen atoms in total. The minimum atomic E-state index is -0.484. The lowest BCUT2D eigenvalue weighted by atomic mass is 9.77. The maximum absolute atomic E-state index is 13.9. The quantitative estimate of drug-likeness (QED) is 0.552. The van der Waals surface area contributed by atoms with Crippen LogP contribution in [0.1, 0.15) is 67.8 Å². The smallest absolute Gasteiger partial charge is 0.245 e. The molecule has 2 saturated heterocycles. The van der Waals surface area contributed by atoms with Crippen molar-refractivity contribution in [2.45, 2.75) is 70.4 Å². The average molecular weight is 516 g/mol. The number of nitrogens with one attached hydrogen (secondary N) is 1. The number of anilines is 1. The van der Waals surface area contributed by atoms with Crippen LogP contribution in [-0.4, -0.2) is 58.5 Å². The summed E-state index contributed by atoms with van der Waals surface area (Å²) in [5, 5.41) is 3.01. The molecular formula is C31H37N3O4. The summed E-state index contributed by atoms with van der Waals surface area (Å²) in [5.74, 6) is -0.389. The van der Waals surface area contributed by atoms with Crippen LogP contribution in [0, 0.1) is 11.8 Å². The maximum atomic E-state index is 13.9. The minimum Gasteiger partial charge on any atom is -0.338 e. The SMILES string of the molecule is CC(=O)c1ccc(NC(=O)C2CCC(=O)N3[C@@H]2CN(CCc2ccccc2)C(=O)[C@@H]3C2CCCCC2)cc1. The van der Waals surface area contributed by atoms with E-state index in [0.29, 0.717) is 30.8 Å². The zero-order valence-electron chi connectivity index (χ0n) is 22.1. The van der Waals surface area contributed by atoms with Crippen molar-refractivity contribution in [3.63, 3.8) is 0 Å². The Morgan fingerprint density at radius 2 is 1.63 bits per heavy atom. The summed E-state index contributed by atoms with van der Waals surface area (Å²) in [7, 11) is 0. The van der Waals surface area contributed by atoms with Crippen molar-refractivity contribution in [1.29, 1.82) is 0 Å². The lowest BCUT2D eigenvalue weighted by Crippen LogP contribution is -2.69. The molecule has 1 N–H and O–H groups in total. The summed E-state index contributed by atoms with van der Waals surface area (Å²) >= 11 is 0. The fraction of sp³-hybridized carbons (Fsp3) is 0.484. The van der Waals surface area contributed by atoms with E-state index in [1.54, 1.807) is 24.3 Å². The van der Waals surface area contributed by atoms with Gasteiger partial charge in [0.25, 0.3) is 0 Å². The van der Waals surface area contributed by atoms with Gasteiger partial charge in [0, 0.05) is 30.8 Å². The molecular weight excluding hydrogens is 478 g/mol. The van der Waals surface area contributed by atoms with E-state index in [1.165, 1.54) is 18.9 Å². The highest BCUT2D eigenvalue weighted by molar-refractivity contribution is 5.98. The van der Waals surface area contributed by atoms with Crippen LogP contribution in [0.4, 0.5) is 5.69 Å². The maximum Gasteiger partial charge on any atom is 0.245 e. The Labute approximate surface area is 224 Å². The molecule has 0 bridgehead atoms. The van der Waals surface area contributed by atoms with Crippen molar-refractivity contribution >= 4 is 29.2 Å². The predicted octanol–water partition coefficient (Wildman–Crippen LogP) is 4.47. The number of piperazine rings is 1. The summed E-state index contributed by atoms with van der Waals surface area (Å²) in [4.78, 5) is 56.2. The third-order valence-corrected chi connectivity index (χ3v) is 8.56. The van der Waals surface area contributed by atoms with Crippen LogP contribution in [-0.2, 0) is 20.8 Å². The summed E-state index contributed by atoms with van der Waals surface area (Å²) in [6.07, 6.45) is 6.69. The molecule has 2 aliphatic heterocycles. The Balaban J connectivity index is 1.39. The van der Waals surface area contributed by atoms with E-state index in [-0.39, 0.29) is 41.9 Å². The van der Waals surface area contributed by atoms with E-state index < -0.39 is 12.0 Å². The first-order valence-corrected chi connectivity index (χ1v) is 14.0. The average Bonchev–Trinajstić information content (AvgIpc) is 2.93. The van der Waals surface area contributed by atoms with Crippen LogP contribution >= 0.6 is 0 Å². The lowest BCUT2D eigenvalue weighted by Gasteiger charge is -2.53. The van der Waals surface area contributed by atoms with Gasteiger partial charge in [-0.15, -0.1) is 0 Å². The fourth-order valence-corrected chi connectivity index (χ4v) is 6.50. The van der Waals surface area contributed by atoms with Gasteiger partial charge in [-0.1, -0.05) is 49.6 Å². The van der Waals surface area contributed by atoms with Crippen molar-refractivity contribution in [2.75, 3.05) is 18.4 Å². The van der Waals surface area contributed by atoms with E-state index in [2.05, 4.69) is 17.4 Å². The fourth-order valence-electron chi connectivity index (χ4n) is 6.50. The first-order valence-electron chi connectivity index (χ1n) is 14.0. The number of fused-ring (bicyclic) bond motifs is 1. The molecule has 0 aromatic heterocycles. The topological polar surface area (TPSA) is 86.8 Å². The second-order valence-electron chi connectivity index (χ2n) is 11.0. The van der Waals surface area contributed by atoms with Crippen molar-refractivity contribution in [3.8, 4) is 0 Å². The molecule has 1 unspecified atom stereocenters. The molecule has 1 aliphatic carbocycles. The molecule has 7 heteroatoms. The number of nitrogens with zero attached hydrogens (tertiary/aromatic N) is 2. The number of Topliss-reactive ketones (excluding diaryl/α,β-unsaturated/α-hetero) is 1. The van der Waals surface area contributed by atoms with Gasteiger partial charge in [0.2, 0.25) is 17.7 Å². The van der Waals surface area contributed by atoms with Crippen LogP contribution in [0.5, 0.6) is 0 Å². The van der Waals surface area contributed by atoms with E-state index in [0.717, 1.165) is 32.1 Å². The molecule has 3 fully saturated rings. The standard InChI is InChI=1S/C31H37N3O4/c1-21(35)23-12-14-25(15-13-23)32-30(37)26-16-17-28(36)34-27(26)20-33(19-18-22-8-4-2-5-9-22)31(38)29(34)24-10-6-3-7-11-24/h2,4-5,8-9,12-15,24,26-27,29H,3,6-7,10-11,16-20H2,1H3,(H,32,37)/t26?,27-,29+/m1/s1. The molecule has 0 spiro atoms. The normalized spacial score (nSPS) is 24.2. The highest BCUT2D eigenvalue weighted by atomic mass is 16.2. The number of carbonyl (C=O) groups excluding carboxylic acids is 4. The van der Waals surface area contributed by atoms with Crippen LogP contribution < -0.4 is 5.32 Å². The summed E-state index contributed by atoms with van der Waals surface area (Å²) < 4.78 is 0. The van der Waals surface area contributed by atoms with Crippen molar-refractivity contribution in [3.05, 3.63) is 65.7 Å². The van der Waals surface area contributed by atoms with Gasteiger partial charge >= 0.3 is 0 Å². The Hall–Kier alpha value is -3.48. The van der Waals surface area contributed by atoms with Gasteiger partial charge in [-0.3, -0.25) is 19.2 Å². The number of ketones is 1. The Morgan fingerprint density at radius 1 is 0.921 bits per heavy atom. The largest absolute Gasteiger partial charge is 0.338 e. The number of piperidine rings is 1. The molecule has 3 aliphatic rings. The molecule has 200 valence electrons. The Morgan fingerprint density at radius 3 is 2.32 bits per heavy atom. The summed E-state index contributed by atoms with van der Waals surface area (Å²) in [5.41, 5.74) is 2.38. The first kappa shape index (κ1) is 26.1. The minimum absolute atomic E-state index is 0.00325. The molecule has 1 saturated carbocycles. The molecule has 2 aromatic carbocycles. The third kappa shape index (κ3) is 5.52. The zero-order chi connectivity index (χ0) is 26.6. The van der Waals surface area contributed by atoms with Gasteiger partial charge in [0.15, 0.2) is 5.78 Å². The van der Waals surface area contributed by atoms with Crippen LogP contribution in [0.25, 0.3) is 0 Å². The number of carbonyl (C=O) groups is 4. The molecule has 2 aromatic rings. The van der Waals surface area contributed by atoms with Crippen molar-refractivity contribution < 1.29 is 19.2 Å². The second-order valence-corrected chi connectivity index (χ2v) is 11.0. The van der Waals surface area contributed by atoms with Crippen LogP contribution in [0.3, 0.4) is 0 Å². The number of rotatable bonds is 7. The monoisotopic (exact) mass is 515 g/mol. The molecule has 2 heterocycles. The van der Waals surface area contributed by atoms with Crippen molar-refractivity contribution in [1.82, 2.24) is 9.80 Å². The van der Waals surface area contributed by atoms with Gasteiger partial charge in [0.05, 0.1) is 12.0 Å². The summed E-state index contributed by atoms with van der Waals surface area (Å²) in [6, 6.07) is 16.2. The number of hydrogen-bond acceptors (Lipinski definition) is 4. The van der Waals surface area contributed by atoms with Gasteiger partial charge in [0.1, 0.15) is 6.04 Å². The molecule has 5 rings (SSSR count). The van der Waals surface area contributed by atoms with Gasteiger partial charge < -0.3 is 15.1 Å². The number of hydrogen-bond donors (Lipinski definition) is 1. The van der Waals surface area contributed by atoms with Gasteiger partial charge in [-0.05, 0) is 68.4 Å². The third-order valence-electron chi connectivity index (χ3n) is 8.56. The van der Waals surface area contributed by atoms with Crippen molar-refractivity contribution in [2.24, 2.45) is 11.8 Å². The van der Waals surface area contributed by atoms with E-state index >= 15 is 0 Å². The van der Waals surface area contributed by atoms with E-state index in [4.69, 9.17) is 0 Å². The molecule has 3 atom stereocenters. The summed E-state index contributed by atoms with van der Waals surface area (Å²) in [6.45, 7) is 2.46. The van der Waals surface area contributed by atoms with E-state index in [1.807, 2.05) is 28.0 Å². The van der Waals surface area contributed by atoms with Gasteiger partial charge in [-0.2, -0.15) is 0 Å². The highest BCUT2D eigenvalue weighted by Crippen LogP contribution is 2.38. The number of amides is 3. The Kier molecular flexibility index (Phi) is 7.91. The molecule has 3 amide bonds. The number of benzene rings is 2. The zero-order valence-corrected chi connectivity index (χ0v) is 22.1. The Bertz CT molecular complexity index is 1170. The molecule has 0 radical (unpaired) electrons. The first-order chi connectivity index (χ1) is 18.4. The lowest BCUT2D eigenvalue weighted by molar-refractivity contribution is -0.167. The van der Waals surface area contributed by atoms with Gasteiger partial charge in [-0.25, -0.2) is 0 Å². The van der Waals surface area contributed by atoms with Crippen LogP contribution in [0.15, 0.2) is 54.6 Å². The van der Waals surface area contributed by atoms with E-state index in [9.17, 15) is 19.2 Å². The second kappa shape index (κ2) is 11.5. The highest BCUT2D eigenvalue weighted by Gasteiger charge is 2.52. The molecule has 38 heavy (non-hydrogen) atoms. The predicted molar refractivity (Wildman–Crippen MR) is 146 cm³/mol.